The molecule has 0 fully saturated rings. The highest BCUT2D eigenvalue weighted by atomic mass is 32.2. The SMILES string of the molecule is CC(C)CS(=O)(=O)c1ccc2c(=O)c3cc(C(=O)O)ccc3oc2c1. The highest BCUT2D eigenvalue weighted by Gasteiger charge is 2.19. The van der Waals surface area contributed by atoms with Gasteiger partial charge in [-0.05, 0) is 36.2 Å². The number of hydrogen-bond donors (Lipinski definition) is 1. The molecule has 0 aliphatic carbocycles. The van der Waals surface area contributed by atoms with E-state index >= 15 is 0 Å². The highest BCUT2D eigenvalue weighted by Crippen LogP contribution is 2.23. The van der Waals surface area contributed by atoms with Crippen molar-refractivity contribution in [1.29, 1.82) is 0 Å². The molecule has 3 rings (SSSR count). The van der Waals surface area contributed by atoms with Crippen LogP contribution in [0.25, 0.3) is 21.9 Å². The molecule has 130 valence electrons. The van der Waals surface area contributed by atoms with E-state index < -0.39 is 21.2 Å². The molecule has 0 saturated heterocycles. The molecule has 0 aliphatic heterocycles. The first-order valence-corrected chi connectivity index (χ1v) is 9.31. The number of hydrogen-bond acceptors (Lipinski definition) is 5. The Morgan fingerprint density at radius 3 is 2.44 bits per heavy atom. The number of fused-ring (bicyclic) bond motifs is 2. The van der Waals surface area contributed by atoms with Crippen LogP contribution in [0.1, 0.15) is 24.2 Å². The van der Waals surface area contributed by atoms with Crippen LogP contribution in [0.4, 0.5) is 0 Å². The molecule has 0 radical (unpaired) electrons. The number of carbonyl (C=O) groups is 1. The van der Waals surface area contributed by atoms with Crippen LogP contribution < -0.4 is 5.43 Å². The number of carboxylic acids is 1. The maximum atomic E-state index is 12.6. The van der Waals surface area contributed by atoms with Gasteiger partial charge in [0.05, 0.1) is 27.0 Å². The van der Waals surface area contributed by atoms with Gasteiger partial charge in [0, 0.05) is 6.07 Å². The fourth-order valence-corrected chi connectivity index (χ4v) is 4.33. The van der Waals surface area contributed by atoms with Gasteiger partial charge in [-0.3, -0.25) is 4.79 Å². The van der Waals surface area contributed by atoms with Crippen LogP contribution in [0.15, 0.2) is 50.5 Å². The number of sulfone groups is 1. The van der Waals surface area contributed by atoms with Crippen molar-refractivity contribution in [2.24, 2.45) is 5.92 Å². The molecule has 0 aliphatic rings. The van der Waals surface area contributed by atoms with E-state index in [1.807, 2.05) is 13.8 Å². The fourth-order valence-electron chi connectivity index (χ4n) is 2.70. The Bertz CT molecular complexity index is 1160. The van der Waals surface area contributed by atoms with E-state index in [-0.39, 0.29) is 44.1 Å². The summed E-state index contributed by atoms with van der Waals surface area (Å²) in [4.78, 5) is 23.8. The Balaban J connectivity index is 2.25. The van der Waals surface area contributed by atoms with Gasteiger partial charge in [-0.2, -0.15) is 0 Å². The van der Waals surface area contributed by atoms with Crippen molar-refractivity contribution in [2.45, 2.75) is 18.7 Å². The first-order valence-electron chi connectivity index (χ1n) is 7.66. The molecule has 1 aromatic heterocycles. The average molecular weight is 360 g/mol. The van der Waals surface area contributed by atoms with Crippen LogP contribution in [0.2, 0.25) is 0 Å². The van der Waals surface area contributed by atoms with Gasteiger partial charge in [-0.1, -0.05) is 13.8 Å². The summed E-state index contributed by atoms with van der Waals surface area (Å²) in [6.45, 7) is 3.62. The lowest BCUT2D eigenvalue weighted by Gasteiger charge is -2.08. The van der Waals surface area contributed by atoms with Crippen LogP contribution in [0, 0.1) is 5.92 Å². The van der Waals surface area contributed by atoms with Crippen LogP contribution in [0.3, 0.4) is 0 Å². The third-order valence-electron chi connectivity index (χ3n) is 3.80. The molecule has 0 unspecified atom stereocenters. The second kappa shape index (κ2) is 6.00. The van der Waals surface area contributed by atoms with Crippen molar-refractivity contribution in [2.75, 3.05) is 5.75 Å². The topological polar surface area (TPSA) is 102 Å². The molecular weight excluding hydrogens is 344 g/mol. The van der Waals surface area contributed by atoms with Crippen LogP contribution >= 0.6 is 0 Å². The highest BCUT2D eigenvalue weighted by molar-refractivity contribution is 7.91. The van der Waals surface area contributed by atoms with E-state index in [1.165, 1.54) is 36.4 Å². The van der Waals surface area contributed by atoms with Crippen molar-refractivity contribution in [3.63, 3.8) is 0 Å². The van der Waals surface area contributed by atoms with Gasteiger partial charge >= 0.3 is 5.97 Å². The lowest BCUT2D eigenvalue weighted by molar-refractivity contribution is 0.0697. The van der Waals surface area contributed by atoms with E-state index in [0.29, 0.717) is 0 Å². The van der Waals surface area contributed by atoms with Crippen molar-refractivity contribution < 1.29 is 22.7 Å². The number of aromatic carboxylic acids is 1. The predicted octanol–water partition coefficient (Wildman–Crippen LogP) is 3.07. The van der Waals surface area contributed by atoms with Gasteiger partial charge in [-0.15, -0.1) is 0 Å². The summed E-state index contributed by atoms with van der Waals surface area (Å²) in [7, 11) is -3.47. The van der Waals surface area contributed by atoms with Crippen molar-refractivity contribution in [3.8, 4) is 0 Å². The van der Waals surface area contributed by atoms with Gasteiger partial charge < -0.3 is 9.52 Å². The summed E-state index contributed by atoms with van der Waals surface area (Å²) in [5.41, 5.74) is -0.0475. The summed E-state index contributed by atoms with van der Waals surface area (Å²) in [5.74, 6) is -1.17. The van der Waals surface area contributed by atoms with Gasteiger partial charge in [0.1, 0.15) is 11.2 Å². The third-order valence-corrected chi connectivity index (χ3v) is 5.88. The van der Waals surface area contributed by atoms with Crippen molar-refractivity contribution in [3.05, 3.63) is 52.2 Å². The summed E-state index contributed by atoms with van der Waals surface area (Å²) >= 11 is 0. The molecule has 0 spiro atoms. The van der Waals surface area contributed by atoms with E-state index in [1.54, 1.807) is 0 Å². The number of carboxylic acid groups (broad SMARTS) is 1. The minimum absolute atomic E-state index is 0.00169. The van der Waals surface area contributed by atoms with Gasteiger partial charge in [0.15, 0.2) is 9.84 Å². The lowest BCUT2D eigenvalue weighted by Crippen LogP contribution is -2.12. The number of benzene rings is 2. The molecule has 0 atom stereocenters. The molecule has 1 heterocycles. The Kier molecular flexibility index (Phi) is 4.12. The summed E-state index contributed by atoms with van der Waals surface area (Å²) in [5, 5.41) is 9.40. The van der Waals surface area contributed by atoms with E-state index in [2.05, 4.69) is 0 Å². The van der Waals surface area contributed by atoms with E-state index in [0.717, 1.165) is 0 Å². The monoisotopic (exact) mass is 360 g/mol. The normalized spacial score (nSPS) is 12.1. The first kappa shape index (κ1) is 17.2. The van der Waals surface area contributed by atoms with E-state index in [4.69, 9.17) is 9.52 Å². The maximum Gasteiger partial charge on any atom is 0.335 e. The molecule has 7 heteroatoms. The standard InChI is InChI=1S/C18H16O6S/c1-10(2)9-25(22,23)12-4-5-13-16(8-12)24-15-6-3-11(18(20)21)7-14(15)17(13)19/h3-8,10H,9H2,1-2H3,(H,20,21). The quantitative estimate of drug-likeness (QED) is 0.718. The molecule has 0 amide bonds. The minimum atomic E-state index is -3.47. The molecule has 0 bridgehead atoms. The van der Waals surface area contributed by atoms with E-state index in [9.17, 15) is 18.0 Å². The van der Waals surface area contributed by atoms with Crippen molar-refractivity contribution in [1.82, 2.24) is 0 Å². The Labute approximate surface area is 143 Å². The lowest BCUT2D eigenvalue weighted by atomic mass is 10.1. The summed E-state index contributed by atoms with van der Waals surface area (Å²) in [6, 6.07) is 8.12. The zero-order chi connectivity index (χ0) is 18.4. The molecule has 3 aromatic rings. The zero-order valence-corrected chi connectivity index (χ0v) is 14.5. The fraction of sp³-hybridized carbons (Fsp3) is 0.222. The Morgan fingerprint density at radius 1 is 1.08 bits per heavy atom. The molecule has 25 heavy (non-hydrogen) atoms. The molecule has 6 nitrogen and oxygen atoms in total. The second-order valence-corrected chi connectivity index (χ2v) is 8.31. The smallest absolute Gasteiger partial charge is 0.335 e. The molecule has 0 saturated carbocycles. The van der Waals surface area contributed by atoms with Gasteiger partial charge in [-0.25, -0.2) is 13.2 Å². The second-order valence-electron chi connectivity index (χ2n) is 6.28. The van der Waals surface area contributed by atoms with Crippen LogP contribution in [-0.4, -0.2) is 25.2 Å². The predicted molar refractivity (Wildman–Crippen MR) is 93.8 cm³/mol. The average Bonchev–Trinajstić information content (AvgIpc) is 2.53. The third kappa shape index (κ3) is 3.15. The first-order chi connectivity index (χ1) is 11.7. The van der Waals surface area contributed by atoms with Gasteiger partial charge in [0.25, 0.3) is 0 Å². The molecule has 1 N–H and O–H groups in total. The Hall–Kier alpha value is -2.67. The largest absolute Gasteiger partial charge is 0.478 e. The summed E-state index contributed by atoms with van der Waals surface area (Å²) in [6.07, 6.45) is 0. The zero-order valence-electron chi connectivity index (χ0n) is 13.6. The van der Waals surface area contributed by atoms with Crippen LogP contribution in [0.5, 0.6) is 0 Å². The summed E-state index contributed by atoms with van der Waals surface area (Å²) < 4.78 is 30.4. The molecule has 2 aromatic carbocycles. The van der Waals surface area contributed by atoms with Crippen LogP contribution in [-0.2, 0) is 9.84 Å². The maximum absolute atomic E-state index is 12.6. The van der Waals surface area contributed by atoms with Crippen molar-refractivity contribution >= 4 is 37.7 Å². The molecular formula is C18H16O6S. The number of rotatable bonds is 4. The minimum Gasteiger partial charge on any atom is -0.478 e. The Morgan fingerprint density at radius 2 is 1.80 bits per heavy atom. The van der Waals surface area contributed by atoms with Gasteiger partial charge in [0.2, 0.25) is 5.43 Å².